The molecule has 1 saturated carbocycles. The Bertz CT molecular complexity index is 373. The van der Waals surface area contributed by atoms with Crippen molar-refractivity contribution >= 4 is 0 Å². The molecule has 1 aromatic carbocycles. The Balaban J connectivity index is 1.94. The third kappa shape index (κ3) is 3.82. The SMILES string of the molecule is CCCN(CC1CC1)CC(O)c1ccccc1C. The predicted octanol–water partition coefficient (Wildman–Crippen LogP) is 3.15. The van der Waals surface area contributed by atoms with Gasteiger partial charge in [0.15, 0.2) is 0 Å². The molecule has 0 bridgehead atoms. The number of nitrogens with zero attached hydrogens (tertiary/aromatic N) is 1. The van der Waals surface area contributed by atoms with Gasteiger partial charge in [-0.15, -0.1) is 0 Å². The number of hydrogen-bond donors (Lipinski definition) is 1. The van der Waals surface area contributed by atoms with Gasteiger partial charge in [-0.05, 0) is 49.8 Å². The van der Waals surface area contributed by atoms with Crippen molar-refractivity contribution in [1.29, 1.82) is 0 Å². The summed E-state index contributed by atoms with van der Waals surface area (Å²) in [7, 11) is 0. The molecule has 1 aliphatic rings. The molecule has 1 aromatic rings. The zero-order valence-electron chi connectivity index (χ0n) is 11.6. The van der Waals surface area contributed by atoms with Gasteiger partial charge in [-0.2, -0.15) is 0 Å². The lowest BCUT2D eigenvalue weighted by Crippen LogP contribution is -2.31. The lowest BCUT2D eigenvalue weighted by atomic mass is 10.0. The van der Waals surface area contributed by atoms with Gasteiger partial charge in [0.2, 0.25) is 0 Å². The molecule has 1 unspecified atom stereocenters. The third-order valence-corrected chi connectivity index (χ3v) is 3.73. The summed E-state index contributed by atoms with van der Waals surface area (Å²) in [5, 5.41) is 10.4. The molecule has 0 aromatic heterocycles. The lowest BCUT2D eigenvalue weighted by Gasteiger charge is -2.25. The van der Waals surface area contributed by atoms with Crippen LogP contribution in [0.1, 0.15) is 43.4 Å². The molecule has 100 valence electrons. The molecule has 0 radical (unpaired) electrons. The summed E-state index contributed by atoms with van der Waals surface area (Å²) >= 11 is 0. The van der Waals surface area contributed by atoms with Crippen molar-refractivity contribution in [2.24, 2.45) is 5.92 Å². The molecule has 1 fully saturated rings. The van der Waals surface area contributed by atoms with Gasteiger partial charge in [0.1, 0.15) is 0 Å². The maximum absolute atomic E-state index is 10.4. The van der Waals surface area contributed by atoms with Crippen molar-refractivity contribution in [3.05, 3.63) is 35.4 Å². The Kier molecular flexibility index (Phi) is 4.79. The van der Waals surface area contributed by atoms with Gasteiger partial charge in [-0.3, -0.25) is 0 Å². The highest BCUT2D eigenvalue weighted by molar-refractivity contribution is 5.27. The van der Waals surface area contributed by atoms with Crippen LogP contribution in [0.3, 0.4) is 0 Å². The van der Waals surface area contributed by atoms with E-state index >= 15 is 0 Å². The Morgan fingerprint density at radius 1 is 1.33 bits per heavy atom. The summed E-state index contributed by atoms with van der Waals surface area (Å²) < 4.78 is 0. The molecule has 0 heterocycles. The van der Waals surface area contributed by atoms with Crippen LogP contribution >= 0.6 is 0 Å². The molecule has 2 rings (SSSR count). The summed E-state index contributed by atoms with van der Waals surface area (Å²) in [5.41, 5.74) is 2.27. The number of aliphatic hydroxyl groups is 1. The first kappa shape index (κ1) is 13.6. The molecule has 1 atom stereocenters. The summed E-state index contributed by atoms with van der Waals surface area (Å²) in [6.45, 7) is 7.31. The van der Waals surface area contributed by atoms with Crippen LogP contribution in [0, 0.1) is 12.8 Å². The van der Waals surface area contributed by atoms with Gasteiger partial charge in [0, 0.05) is 13.1 Å². The van der Waals surface area contributed by atoms with E-state index in [1.54, 1.807) is 0 Å². The van der Waals surface area contributed by atoms with Crippen LogP contribution in [0.15, 0.2) is 24.3 Å². The third-order valence-electron chi connectivity index (χ3n) is 3.73. The molecule has 0 spiro atoms. The second-order valence-electron chi connectivity index (χ2n) is 5.58. The molecule has 1 N–H and O–H groups in total. The number of aryl methyl sites for hydroxylation is 1. The first-order valence-electron chi connectivity index (χ1n) is 7.16. The number of benzene rings is 1. The van der Waals surface area contributed by atoms with Crippen LogP contribution in [0.5, 0.6) is 0 Å². The van der Waals surface area contributed by atoms with Crippen molar-refractivity contribution < 1.29 is 5.11 Å². The summed E-state index contributed by atoms with van der Waals surface area (Å²) in [5.74, 6) is 0.889. The molecular formula is C16H25NO. The summed E-state index contributed by atoms with van der Waals surface area (Å²) in [4.78, 5) is 2.43. The van der Waals surface area contributed by atoms with Gasteiger partial charge in [0.25, 0.3) is 0 Å². The van der Waals surface area contributed by atoms with E-state index in [1.807, 2.05) is 18.2 Å². The van der Waals surface area contributed by atoms with Crippen LogP contribution in [0.25, 0.3) is 0 Å². The average molecular weight is 247 g/mol. The van der Waals surface area contributed by atoms with Crippen LogP contribution in [-0.4, -0.2) is 29.6 Å². The van der Waals surface area contributed by atoms with E-state index in [0.29, 0.717) is 0 Å². The Morgan fingerprint density at radius 3 is 2.67 bits per heavy atom. The standard InChI is InChI=1S/C16H25NO/c1-3-10-17(11-14-8-9-14)12-16(18)15-7-5-4-6-13(15)2/h4-7,14,16,18H,3,8-12H2,1-2H3. The average Bonchev–Trinajstić information content (AvgIpc) is 3.13. The fourth-order valence-electron chi connectivity index (χ4n) is 2.54. The largest absolute Gasteiger partial charge is 0.387 e. The van der Waals surface area contributed by atoms with E-state index in [-0.39, 0.29) is 6.10 Å². The maximum atomic E-state index is 10.4. The van der Waals surface area contributed by atoms with Gasteiger partial charge in [-0.25, -0.2) is 0 Å². The van der Waals surface area contributed by atoms with Crippen molar-refractivity contribution in [2.45, 2.75) is 39.2 Å². The highest BCUT2D eigenvalue weighted by atomic mass is 16.3. The Hall–Kier alpha value is -0.860. The molecule has 2 nitrogen and oxygen atoms in total. The predicted molar refractivity (Wildman–Crippen MR) is 75.6 cm³/mol. The molecule has 0 saturated heterocycles. The second-order valence-corrected chi connectivity index (χ2v) is 5.58. The minimum absolute atomic E-state index is 0.350. The zero-order valence-corrected chi connectivity index (χ0v) is 11.6. The van der Waals surface area contributed by atoms with Crippen LogP contribution in [-0.2, 0) is 0 Å². The van der Waals surface area contributed by atoms with E-state index in [2.05, 4.69) is 24.8 Å². The van der Waals surface area contributed by atoms with Crippen molar-refractivity contribution in [1.82, 2.24) is 4.90 Å². The molecule has 18 heavy (non-hydrogen) atoms. The minimum atomic E-state index is -0.350. The van der Waals surface area contributed by atoms with Crippen LogP contribution < -0.4 is 0 Å². The second kappa shape index (κ2) is 6.35. The lowest BCUT2D eigenvalue weighted by molar-refractivity contribution is 0.110. The van der Waals surface area contributed by atoms with Gasteiger partial charge >= 0.3 is 0 Å². The highest BCUT2D eigenvalue weighted by Crippen LogP contribution is 2.30. The first-order chi connectivity index (χ1) is 8.70. The summed E-state index contributed by atoms with van der Waals surface area (Å²) in [6.07, 6.45) is 3.56. The number of hydrogen-bond acceptors (Lipinski definition) is 2. The summed E-state index contributed by atoms with van der Waals surface area (Å²) in [6, 6.07) is 8.15. The maximum Gasteiger partial charge on any atom is 0.0919 e. The molecule has 1 aliphatic carbocycles. The van der Waals surface area contributed by atoms with Gasteiger partial charge in [0.05, 0.1) is 6.10 Å². The normalized spacial score (nSPS) is 17.1. The molecule has 0 aliphatic heterocycles. The van der Waals surface area contributed by atoms with Crippen molar-refractivity contribution in [2.75, 3.05) is 19.6 Å². The minimum Gasteiger partial charge on any atom is -0.387 e. The van der Waals surface area contributed by atoms with Crippen molar-refractivity contribution in [3.8, 4) is 0 Å². The van der Waals surface area contributed by atoms with Crippen LogP contribution in [0.4, 0.5) is 0 Å². The number of rotatable bonds is 7. The Morgan fingerprint density at radius 2 is 2.06 bits per heavy atom. The van der Waals surface area contributed by atoms with E-state index < -0.39 is 0 Å². The van der Waals surface area contributed by atoms with E-state index in [9.17, 15) is 5.11 Å². The van der Waals surface area contributed by atoms with Crippen molar-refractivity contribution in [3.63, 3.8) is 0 Å². The van der Waals surface area contributed by atoms with Gasteiger partial charge in [-0.1, -0.05) is 31.2 Å². The van der Waals surface area contributed by atoms with E-state index in [4.69, 9.17) is 0 Å². The van der Waals surface area contributed by atoms with Crippen LogP contribution in [0.2, 0.25) is 0 Å². The number of aliphatic hydroxyl groups excluding tert-OH is 1. The molecule has 0 amide bonds. The first-order valence-corrected chi connectivity index (χ1v) is 7.16. The fraction of sp³-hybridized carbons (Fsp3) is 0.625. The monoisotopic (exact) mass is 247 g/mol. The highest BCUT2D eigenvalue weighted by Gasteiger charge is 2.25. The van der Waals surface area contributed by atoms with E-state index in [1.165, 1.54) is 18.4 Å². The zero-order chi connectivity index (χ0) is 13.0. The smallest absolute Gasteiger partial charge is 0.0919 e. The molecular weight excluding hydrogens is 222 g/mol. The fourth-order valence-corrected chi connectivity index (χ4v) is 2.54. The van der Waals surface area contributed by atoms with E-state index in [0.717, 1.165) is 37.5 Å². The Labute approximate surface area is 111 Å². The van der Waals surface area contributed by atoms with Gasteiger partial charge < -0.3 is 10.0 Å². The quantitative estimate of drug-likeness (QED) is 0.800. The molecule has 2 heteroatoms. The topological polar surface area (TPSA) is 23.5 Å².